The number of pyridine rings is 1. The summed E-state index contributed by atoms with van der Waals surface area (Å²) in [5.74, 6) is -4.78. The molecule has 0 saturated heterocycles. The summed E-state index contributed by atoms with van der Waals surface area (Å²) in [4.78, 5) is 38.0. The molecule has 4 rings (SSSR count). The molecule has 0 fully saturated rings. The number of benzene rings is 2. The van der Waals surface area contributed by atoms with Gasteiger partial charge < -0.3 is 29.9 Å². The van der Waals surface area contributed by atoms with Gasteiger partial charge in [0.2, 0.25) is 11.9 Å². The van der Waals surface area contributed by atoms with Crippen molar-refractivity contribution in [2.24, 2.45) is 7.05 Å². The number of aryl methyl sites for hydroxylation is 1. The number of methoxy groups -OCH3 is 1. The zero-order chi connectivity index (χ0) is 31.4. The van der Waals surface area contributed by atoms with Crippen LogP contribution in [0.2, 0.25) is 0 Å². The molecule has 0 aliphatic rings. The fourth-order valence-corrected chi connectivity index (χ4v) is 4.08. The largest absolute Gasteiger partial charge is 0.494 e. The van der Waals surface area contributed by atoms with Gasteiger partial charge in [-0.2, -0.15) is 4.98 Å². The van der Waals surface area contributed by atoms with E-state index in [1.165, 1.54) is 26.4 Å². The van der Waals surface area contributed by atoms with Gasteiger partial charge in [0.25, 0.3) is 5.56 Å². The van der Waals surface area contributed by atoms with Crippen LogP contribution in [0.5, 0.6) is 17.2 Å². The van der Waals surface area contributed by atoms with E-state index >= 15 is 0 Å². The minimum Gasteiger partial charge on any atom is -0.494 e. The Labute approximate surface area is 245 Å². The van der Waals surface area contributed by atoms with Crippen molar-refractivity contribution in [3.63, 3.8) is 0 Å². The average molecular weight is 598 g/mol. The number of hydrogen-bond donors (Lipinski definition) is 2. The van der Waals surface area contributed by atoms with Gasteiger partial charge in [-0.3, -0.25) is 14.2 Å². The van der Waals surface area contributed by atoms with E-state index in [0.29, 0.717) is 46.9 Å². The minimum absolute atomic E-state index is 0.0934. The SMILES string of the molecule is C=CC(=O)Nc1cc(Nc2ncc3cc(Oc4cc(F)c(F)cc4F)c(=O)n(C)c3n2)c(OC)cc1N(C)CCN(C)C. The third-order valence-electron chi connectivity index (χ3n) is 6.41. The van der Waals surface area contributed by atoms with Crippen molar-refractivity contribution in [1.82, 2.24) is 19.4 Å². The van der Waals surface area contributed by atoms with E-state index in [1.807, 2.05) is 30.9 Å². The molecule has 226 valence electrons. The highest BCUT2D eigenvalue weighted by molar-refractivity contribution is 6.02. The Morgan fingerprint density at radius 1 is 1.00 bits per heavy atom. The number of hydrogen-bond acceptors (Lipinski definition) is 9. The highest BCUT2D eigenvalue weighted by Gasteiger charge is 2.19. The number of fused-ring (bicyclic) bond motifs is 1. The second-order valence-corrected chi connectivity index (χ2v) is 9.76. The summed E-state index contributed by atoms with van der Waals surface area (Å²) < 4.78 is 53.1. The Morgan fingerprint density at radius 3 is 2.40 bits per heavy atom. The van der Waals surface area contributed by atoms with Gasteiger partial charge in [0.15, 0.2) is 29.0 Å². The van der Waals surface area contributed by atoms with Crippen LogP contribution in [0.15, 0.2) is 54.0 Å². The monoisotopic (exact) mass is 597 g/mol. The fourth-order valence-electron chi connectivity index (χ4n) is 4.08. The molecule has 0 spiro atoms. The highest BCUT2D eigenvalue weighted by atomic mass is 19.2. The number of rotatable bonds is 11. The van der Waals surface area contributed by atoms with Crippen molar-refractivity contribution in [2.75, 3.05) is 56.9 Å². The lowest BCUT2D eigenvalue weighted by Gasteiger charge is -2.26. The number of likely N-dealkylation sites (N-methyl/N-ethyl adjacent to an activating group) is 2. The van der Waals surface area contributed by atoms with E-state index in [9.17, 15) is 22.8 Å². The number of carbonyl (C=O) groups is 1. The normalized spacial score (nSPS) is 11.0. The number of carbonyl (C=O) groups excluding carboxylic acids is 1. The van der Waals surface area contributed by atoms with Gasteiger partial charge in [-0.05, 0) is 32.3 Å². The number of nitrogens with zero attached hydrogens (tertiary/aromatic N) is 5. The Bertz CT molecular complexity index is 1760. The average Bonchev–Trinajstić information content (AvgIpc) is 2.97. The molecular weight excluding hydrogens is 567 g/mol. The molecule has 0 unspecified atom stereocenters. The molecular formula is C29H30F3N7O4. The lowest BCUT2D eigenvalue weighted by molar-refractivity contribution is -0.111. The van der Waals surface area contributed by atoms with Gasteiger partial charge in [0.1, 0.15) is 11.4 Å². The van der Waals surface area contributed by atoms with Crippen LogP contribution in [0.1, 0.15) is 0 Å². The quantitative estimate of drug-likeness (QED) is 0.192. The summed E-state index contributed by atoms with van der Waals surface area (Å²) >= 11 is 0. The van der Waals surface area contributed by atoms with Gasteiger partial charge in [0, 0.05) is 57.0 Å². The maximum Gasteiger partial charge on any atom is 0.294 e. The third-order valence-corrected chi connectivity index (χ3v) is 6.41. The van der Waals surface area contributed by atoms with E-state index in [2.05, 4.69) is 27.2 Å². The maximum absolute atomic E-state index is 14.1. The molecule has 2 N–H and O–H groups in total. The van der Waals surface area contributed by atoms with Gasteiger partial charge in [-0.1, -0.05) is 6.58 Å². The number of halogens is 3. The summed E-state index contributed by atoms with van der Waals surface area (Å²) in [6.07, 6.45) is 2.56. The minimum atomic E-state index is -1.39. The van der Waals surface area contributed by atoms with Gasteiger partial charge in [0.05, 0.1) is 24.2 Å². The summed E-state index contributed by atoms with van der Waals surface area (Å²) in [6.45, 7) is 4.95. The summed E-state index contributed by atoms with van der Waals surface area (Å²) in [6, 6.07) is 5.54. The molecule has 0 radical (unpaired) electrons. The number of ether oxygens (including phenoxy) is 2. The van der Waals surface area contributed by atoms with Crippen LogP contribution in [0.25, 0.3) is 11.0 Å². The van der Waals surface area contributed by atoms with Crippen LogP contribution in [0.4, 0.5) is 36.2 Å². The van der Waals surface area contributed by atoms with Crippen molar-refractivity contribution in [2.45, 2.75) is 0 Å². The first kappa shape index (κ1) is 30.8. The number of nitrogens with one attached hydrogen (secondary N) is 2. The van der Waals surface area contributed by atoms with E-state index < -0.39 is 34.7 Å². The Hall–Kier alpha value is -5.11. The van der Waals surface area contributed by atoms with Crippen LogP contribution in [-0.2, 0) is 11.8 Å². The number of anilines is 4. The molecule has 11 nitrogen and oxygen atoms in total. The first-order valence-corrected chi connectivity index (χ1v) is 12.9. The predicted octanol–water partition coefficient (Wildman–Crippen LogP) is 4.41. The zero-order valence-electron chi connectivity index (χ0n) is 24.2. The molecule has 1 amide bonds. The van der Waals surface area contributed by atoms with Crippen LogP contribution in [0, 0.1) is 17.5 Å². The zero-order valence-corrected chi connectivity index (χ0v) is 24.2. The standard InChI is InChI=1S/C29H30F3N7O4/c1-7-26(40)34-20-13-21(24(42-6)14-22(20)38(4)9-8-37(2)3)35-29-33-15-16-10-25(28(41)39(5)27(16)36-29)43-23-12-18(31)17(30)11-19(23)32/h7,10-15H,1,8-9H2,2-6H3,(H,34,40)(H,33,35,36). The topological polar surface area (TPSA) is 114 Å². The molecule has 4 aromatic rings. The molecule has 2 heterocycles. The van der Waals surface area contributed by atoms with Gasteiger partial charge in [-0.15, -0.1) is 0 Å². The van der Waals surface area contributed by atoms with E-state index in [0.717, 1.165) is 17.2 Å². The van der Waals surface area contributed by atoms with Crippen LogP contribution in [0.3, 0.4) is 0 Å². The van der Waals surface area contributed by atoms with Crippen molar-refractivity contribution in [1.29, 1.82) is 0 Å². The van der Waals surface area contributed by atoms with Crippen molar-refractivity contribution in [3.05, 3.63) is 77.0 Å². The van der Waals surface area contributed by atoms with Crippen molar-refractivity contribution >= 4 is 40.0 Å². The molecule has 0 aliphatic heterocycles. The molecule has 0 aliphatic carbocycles. The van der Waals surface area contributed by atoms with Crippen LogP contribution in [-0.4, -0.2) is 66.7 Å². The first-order valence-electron chi connectivity index (χ1n) is 12.9. The summed E-state index contributed by atoms with van der Waals surface area (Å²) in [5, 5.41) is 6.21. The maximum atomic E-state index is 14.1. The Balaban J connectivity index is 1.70. The van der Waals surface area contributed by atoms with E-state index in [-0.39, 0.29) is 17.3 Å². The summed E-state index contributed by atoms with van der Waals surface area (Å²) in [7, 11) is 8.72. The van der Waals surface area contributed by atoms with Crippen LogP contribution >= 0.6 is 0 Å². The van der Waals surface area contributed by atoms with Gasteiger partial charge in [-0.25, -0.2) is 18.2 Å². The Kier molecular flexibility index (Phi) is 9.19. The fraction of sp³-hybridized carbons (Fsp3) is 0.241. The molecule has 14 heteroatoms. The molecule has 43 heavy (non-hydrogen) atoms. The molecule has 0 bridgehead atoms. The van der Waals surface area contributed by atoms with Crippen molar-refractivity contribution in [3.8, 4) is 17.2 Å². The smallest absolute Gasteiger partial charge is 0.294 e. The summed E-state index contributed by atoms with van der Waals surface area (Å²) in [5.41, 5.74) is 1.09. The second-order valence-electron chi connectivity index (χ2n) is 9.76. The second kappa shape index (κ2) is 12.8. The lowest BCUT2D eigenvalue weighted by atomic mass is 10.2. The predicted molar refractivity (Wildman–Crippen MR) is 158 cm³/mol. The van der Waals surface area contributed by atoms with Gasteiger partial charge >= 0.3 is 0 Å². The van der Waals surface area contributed by atoms with Crippen LogP contribution < -0.4 is 30.6 Å². The molecule has 0 atom stereocenters. The van der Waals surface area contributed by atoms with E-state index in [1.54, 1.807) is 12.1 Å². The molecule has 2 aromatic heterocycles. The number of amides is 1. The third kappa shape index (κ3) is 6.86. The first-order chi connectivity index (χ1) is 20.4. The highest BCUT2D eigenvalue weighted by Crippen LogP contribution is 2.38. The van der Waals surface area contributed by atoms with Crippen molar-refractivity contribution < 1.29 is 27.4 Å². The molecule has 0 saturated carbocycles. The number of aromatic nitrogens is 3. The van der Waals surface area contributed by atoms with E-state index in [4.69, 9.17) is 9.47 Å². The Morgan fingerprint density at radius 2 is 1.72 bits per heavy atom. The lowest BCUT2D eigenvalue weighted by Crippen LogP contribution is -2.29. The molecule has 2 aromatic carbocycles.